The minimum atomic E-state index is -3.43. The first-order chi connectivity index (χ1) is 9.46. The second kappa shape index (κ2) is 4.56. The summed E-state index contributed by atoms with van der Waals surface area (Å²) in [6.07, 6.45) is 1.45. The number of rotatable bonds is 5. The van der Waals surface area contributed by atoms with Crippen LogP contribution in [0.4, 0.5) is 0 Å². The van der Waals surface area contributed by atoms with Crippen molar-refractivity contribution >= 4 is 15.8 Å². The van der Waals surface area contributed by atoms with Crippen LogP contribution in [0.25, 0.3) is 0 Å². The van der Waals surface area contributed by atoms with Gasteiger partial charge in [-0.2, -0.15) is 0 Å². The van der Waals surface area contributed by atoms with Crippen molar-refractivity contribution in [2.75, 3.05) is 13.2 Å². The van der Waals surface area contributed by atoms with Crippen molar-refractivity contribution in [1.82, 2.24) is 0 Å². The summed E-state index contributed by atoms with van der Waals surface area (Å²) in [5.74, 6) is -0.887. The largest absolute Gasteiger partial charge is 0.481 e. The van der Waals surface area contributed by atoms with E-state index >= 15 is 0 Å². The Morgan fingerprint density at radius 2 is 1.95 bits per heavy atom. The molecule has 0 bridgehead atoms. The van der Waals surface area contributed by atoms with Gasteiger partial charge in [-0.3, -0.25) is 4.79 Å². The lowest BCUT2D eigenvalue weighted by Gasteiger charge is -2.28. The number of carboxylic acid groups (broad SMARTS) is 1. The van der Waals surface area contributed by atoms with Crippen LogP contribution in [0.3, 0.4) is 0 Å². The van der Waals surface area contributed by atoms with Crippen LogP contribution in [-0.2, 0) is 24.8 Å². The molecule has 2 fully saturated rings. The summed E-state index contributed by atoms with van der Waals surface area (Å²) in [5.41, 5.74) is 0.161. The van der Waals surface area contributed by atoms with Crippen LogP contribution in [0.15, 0.2) is 29.2 Å². The third-order valence-corrected chi connectivity index (χ3v) is 6.27. The zero-order chi connectivity index (χ0) is 14.4. The number of aliphatic carboxylic acids is 1. The number of carboxylic acids is 1. The zero-order valence-electron chi connectivity index (χ0n) is 10.9. The summed E-state index contributed by atoms with van der Waals surface area (Å²) in [5, 5.41) is 8.55. The van der Waals surface area contributed by atoms with E-state index in [0.717, 1.165) is 12.8 Å². The van der Waals surface area contributed by atoms with E-state index in [9.17, 15) is 13.2 Å². The third kappa shape index (κ3) is 2.13. The van der Waals surface area contributed by atoms with Crippen LogP contribution in [0.1, 0.15) is 24.8 Å². The van der Waals surface area contributed by atoms with Crippen molar-refractivity contribution in [3.05, 3.63) is 29.8 Å². The highest BCUT2D eigenvalue weighted by atomic mass is 32.2. The average Bonchev–Trinajstić information content (AvgIpc) is 3.06. The molecule has 1 saturated heterocycles. The van der Waals surface area contributed by atoms with Gasteiger partial charge in [-0.15, -0.1) is 0 Å². The Hall–Kier alpha value is -1.40. The van der Waals surface area contributed by atoms with Crippen LogP contribution in [0.2, 0.25) is 0 Å². The van der Waals surface area contributed by atoms with Gasteiger partial charge in [-0.05, 0) is 24.5 Å². The van der Waals surface area contributed by atoms with E-state index in [2.05, 4.69) is 0 Å². The lowest BCUT2D eigenvalue weighted by Crippen LogP contribution is -2.41. The molecule has 1 saturated carbocycles. The lowest BCUT2D eigenvalue weighted by molar-refractivity contribution is -0.137. The highest BCUT2D eigenvalue weighted by molar-refractivity contribution is 7.92. The smallest absolute Gasteiger partial charge is 0.304 e. The van der Waals surface area contributed by atoms with Gasteiger partial charge in [-0.1, -0.05) is 18.2 Å². The molecule has 0 amide bonds. The molecular weight excluding hydrogens is 280 g/mol. The number of carbonyl (C=O) groups is 1. The summed E-state index contributed by atoms with van der Waals surface area (Å²) in [4.78, 5) is 11.3. The first-order valence-electron chi connectivity index (χ1n) is 6.59. The first-order valence-corrected chi connectivity index (χ1v) is 8.13. The van der Waals surface area contributed by atoms with E-state index in [1.807, 2.05) is 0 Å². The highest BCUT2D eigenvalue weighted by Crippen LogP contribution is 2.53. The van der Waals surface area contributed by atoms with Crippen LogP contribution in [0, 0.1) is 0 Å². The molecule has 1 N–H and O–H groups in total. The Morgan fingerprint density at radius 1 is 1.30 bits per heavy atom. The second-order valence-electron chi connectivity index (χ2n) is 5.55. The number of hydrogen-bond acceptors (Lipinski definition) is 4. The first kappa shape index (κ1) is 13.6. The van der Waals surface area contributed by atoms with Gasteiger partial charge in [0.15, 0.2) is 9.84 Å². The molecule has 3 rings (SSSR count). The lowest BCUT2D eigenvalue weighted by atomic mass is 9.92. The van der Waals surface area contributed by atoms with E-state index in [1.54, 1.807) is 24.3 Å². The van der Waals surface area contributed by atoms with E-state index in [0.29, 0.717) is 5.56 Å². The predicted octanol–water partition coefficient (Wildman–Crippen LogP) is 1.37. The monoisotopic (exact) mass is 296 g/mol. The van der Waals surface area contributed by atoms with Crippen LogP contribution >= 0.6 is 0 Å². The van der Waals surface area contributed by atoms with E-state index in [-0.39, 0.29) is 24.5 Å². The Morgan fingerprint density at radius 3 is 2.45 bits per heavy atom. The normalized spacial score (nSPS) is 21.2. The maximum atomic E-state index is 12.6. The van der Waals surface area contributed by atoms with Gasteiger partial charge in [0, 0.05) is 5.41 Å². The fourth-order valence-electron chi connectivity index (χ4n) is 2.71. The van der Waals surface area contributed by atoms with Gasteiger partial charge in [0.25, 0.3) is 0 Å². The molecule has 1 aliphatic heterocycles. The molecule has 2 aliphatic rings. The topological polar surface area (TPSA) is 80.7 Å². The van der Waals surface area contributed by atoms with Gasteiger partial charge >= 0.3 is 5.97 Å². The van der Waals surface area contributed by atoms with Crippen molar-refractivity contribution in [1.29, 1.82) is 0 Å². The standard InChI is InChI=1S/C14H16O5S/c15-13(16)7-14(5-6-14)11-3-1-2-4-12(11)20(17,18)10-8-19-9-10/h1-4,10H,5-9H2,(H,15,16). The Labute approximate surface area is 117 Å². The summed E-state index contributed by atoms with van der Waals surface area (Å²) in [7, 11) is -3.43. The van der Waals surface area contributed by atoms with Crippen molar-refractivity contribution in [3.8, 4) is 0 Å². The molecule has 20 heavy (non-hydrogen) atoms. The molecular formula is C14H16O5S. The summed E-state index contributed by atoms with van der Waals surface area (Å²) < 4.78 is 30.1. The highest BCUT2D eigenvalue weighted by Gasteiger charge is 2.49. The molecule has 0 spiro atoms. The van der Waals surface area contributed by atoms with E-state index in [1.165, 1.54) is 0 Å². The van der Waals surface area contributed by atoms with Crippen molar-refractivity contribution in [2.45, 2.75) is 34.8 Å². The molecule has 1 aromatic rings. The minimum Gasteiger partial charge on any atom is -0.481 e. The molecule has 108 valence electrons. The molecule has 5 nitrogen and oxygen atoms in total. The quantitative estimate of drug-likeness (QED) is 0.887. The van der Waals surface area contributed by atoms with Gasteiger partial charge in [0.05, 0.1) is 24.5 Å². The van der Waals surface area contributed by atoms with Gasteiger partial charge in [0.1, 0.15) is 5.25 Å². The molecule has 1 aliphatic carbocycles. The third-order valence-electron chi connectivity index (χ3n) is 4.15. The van der Waals surface area contributed by atoms with Gasteiger partial charge < -0.3 is 9.84 Å². The Balaban J connectivity index is 2.03. The maximum Gasteiger partial charge on any atom is 0.304 e. The maximum absolute atomic E-state index is 12.6. The minimum absolute atomic E-state index is 0.0132. The van der Waals surface area contributed by atoms with E-state index in [4.69, 9.17) is 9.84 Å². The molecule has 6 heteroatoms. The van der Waals surface area contributed by atoms with Crippen molar-refractivity contribution in [3.63, 3.8) is 0 Å². The summed E-state index contributed by atoms with van der Waals surface area (Å²) in [6.45, 7) is 0.450. The molecule has 1 heterocycles. The fraction of sp³-hybridized carbons (Fsp3) is 0.500. The van der Waals surface area contributed by atoms with Crippen LogP contribution in [-0.4, -0.2) is 38.0 Å². The SMILES string of the molecule is O=C(O)CC1(c2ccccc2S(=O)(=O)C2COC2)CC1. The second-order valence-corrected chi connectivity index (χ2v) is 7.75. The summed E-state index contributed by atoms with van der Waals surface area (Å²) >= 11 is 0. The Bertz CT molecular complexity index is 641. The molecule has 0 unspecified atom stereocenters. The Kier molecular flexibility index (Phi) is 3.10. The van der Waals surface area contributed by atoms with Crippen molar-refractivity contribution in [2.24, 2.45) is 0 Å². The number of ether oxygens (including phenoxy) is 1. The predicted molar refractivity (Wildman–Crippen MR) is 71.4 cm³/mol. The molecule has 1 aromatic carbocycles. The van der Waals surface area contributed by atoms with Crippen LogP contribution < -0.4 is 0 Å². The number of benzene rings is 1. The molecule has 0 radical (unpaired) electrons. The van der Waals surface area contributed by atoms with Crippen molar-refractivity contribution < 1.29 is 23.1 Å². The average molecular weight is 296 g/mol. The van der Waals surface area contributed by atoms with Gasteiger partial charge in [0.2, 0.25) is 0 Å². The molecule has 0 aromatic heterocycles. The van der Waals surface area contributed by atoms with Crippen LogP contribution in [0.5, 0.6) is 0 Å². The fourth-order valence-corrected chi connectivity index (χ4v) is 4.48. The summed E-state index contributed by atoms with van der Waals surface area (Å²) in [6, 6.07) is 6.80. The number of hydrogen-bond donors (Lipinski definition) is 1. The molecule has 0 atom stereocenters. The zero-order valence-corrected chi connectivity index (χ0v) is 11.7. The number of sulfone groups is 1. The van der Waals surface area contributed by atoms with Gasteiger partial charge in [-0.25, -0.2) is 8.42 Å². The van der Waals surface area contributed by atoms with E-state index < -0.39 is 26.5 Å².